The smallest absolute Gasteiger partial charge is 0.257 e. The lowest BCUT2D eigenvalue weighted by Crippen LogP contribution is -2.22. The molecule has 3 amide bonds. The molecule has 196 valence electrons. The van der Waals surface area contributed by atoms with E-state index in [2.05, 4.69) is 22.5 Å². The lowest BCUT2D eigenvalue weighted by Gasteiger charge is -2.15. The van der Waals surface area contributed by atoms with Gasteiger partial charge in [-0.1, -0.05) is 36.6 Å². The second kappa shape index (κ2) is 10.6. The maximum absolute atomic E-state index is 15.1. The van der Waals surface area contributed by atoms with Crippen LogP contribution in [0.2, 0.25) is 5.02 Å². The Balaban J connectivity index is 1.50. The molecule has 0 saturated heterocycles. The quantitative estimate of drug-likeness (QED) is 0.249. The fraction of sp³-hybridized carbons (Fsp3) is 0.346. The number of rotatable bonds is 7. The van der Waals surface area contributed by atoms with Gasteiger partial charge in [0.1, 0.15) is 15.8 Å². The van der Waals surface area contributed by atoms with Gasteiger partial charge in [-0.25, -0.2) is 8.78 Å². The molecule has 0 heterocycles. The lowest BCUT2D eigenvalue weighted by molar-refractivity contribution is -0.120. The van der Waals surface area contributed by atoms with E-state index in [1.165, 1.54) is 18.2 Å². The summed E-state index contributed by atoms with van der Waals surface area (Å²) in [5, 5.41) is 7.33. The largest absolute Gasteiger partial charge is 0.326 e. The zero-order valence-electron chi connectivity index (χ0n) is 19.8. The predicted molar refractivity (Wildman–Crippen MR) is 141 cm³/mol. The maximum Gasteiger partial charge on any atom is 0.257 e. The SMILES string of the molecule is C=C(C)[C@H]1[C@H](C(=O)Nc2ccc(Cl)c(C(=O)Nc3ccc(F)c(NC(=O)C4CCCC4)c3F)c2)C1(Cl)Cl. The van der Waals surface area contributed by atoms with Crippen molar-refractivity contribution in [2.45, 2.75) is 36.9 Å². The number of allylic oxidation sites excluding steroid dienone is 1. The summed E-state index contributed by atoms with van der Waals surface area (Å²) in [4.78, 5) is 38.0. The van der Waals surface area contributed by atoms with Gasteiger partial charge in [-0.05, 0) is 50.1 Å². The Kier molecular flexibility index (Phi) is 7.83. The third kappa shape index (κ3) is 5.61. The summed E-state index contributed by atoms with van der Waals surface area (Å²) in [5.41, 5.74) is -0.157. The summed E-state index contributed by atoms with van der Waals surface area (Å²) in [7, 11) is 0. The summed E-state index contributed by atoms with van der Waals surface area (Å²) >= 11 is 18.6. The van der Waals surface area contributed by atoms with Crippen LogP contribution in [0.4, 0.5) is 25.8 Å². The van der Waals surface area contributed by atoms with E-state index in [-0.39, 0.29) is 27.9 Å². The van der Waals surface area contributed by atoms with Crippen LogP contribution in [0, 0.1) is 29.4 Å². The van der Waals surface area contributed by atoms with Gasteiger partial charge in [-0.2, -0.15) is 0 Å². The van der Waals surface area contributed by atoms with E-state index >= 15 is 4.39 Å². The summed E-state index contributed by atoms with van der Waals surface area (Å²) in [6, 6.07) is 6.16. The molecule has 3 N–H and O–H groups in total. The molecule has 2 aromatic carbocycles. The van der Waals surface area contributed by atoms with E-state index < -0.39 is 51.2 Å². The first kappa shape index (κ1) is 27.4. The Bertz CT molecular complexity index is 1300. The van der Waals surface area contributed by atoms with Gasteiger partial charge in [0, 0.05) is 17.5 Å². The van der Waals surface area contributed by atoms with Gasteiger partial charge in [0.15, 0.2) is 5.82 Å². The molecule has 0 radical (unpaired) electrons. The summed E-state index contributed by atoms with van der Waals surface area (Å²) in [6.45, 7) is 5.52. The molecule has 4 rings (SSSR count). The zero-order chi connectivity index (χ0) is 27.1. The van der Waals surface area contributed by atoms with E-state index in [9.17, 15) is 18.8 Å². The number of anilines is 3. The summed E-state index contributed by atoms with van der Waals surface area (Å²) < 4.78 is 28.1. The molecule has 2 aromatic rings. The number of carbonyl (C=O) groups excluding carboxylic acids is 3. The van der Waals surface area contributed by atoms with E-state index in [1.807, 2.05) is 0 Å². The van der Waals surface area contributed by atoms with Gasteiger partial charge in [0.2, 0.25) is 11.8 Å². The second-order valence-electron chi connectivity index (χ2n) is 9.37. The molecule has 0 unspecified atom stereocenters. The standard InChI is InChI=1S/C26H24Cl3F2N3O3/c1-12(2)19-20(26(19,28)29)25(37)32-14-7-8-16(27)15(11-14)24(36)33-18-10-9-17(30)22(21(18)31)34-23(35)13-5-3-4-6-13/h7-11,13,19-20H,1,3-6H2,2H3,(H,32,37)(H,33,36)(H,34,35)/t19-,20+/m0/s1. The Morgan fingerprint density at radius 3 is 2.27 bits per heavy atom. The maximum atomic E-state index is 15.1. The van der Waals surface area contributed by atoms with E-state index in [1.54, 1.807) is 6.92 Å². The normalized spacial score (nSPS) is 20.3. The molecule has 0 spiro atoms. The third-order valence-corrected chi connectivity index (χ3v) is 7.93. The minimum atomic E-state index is -1.27. The van der Waals surface area contributed by atoms with Gasteiger partial charge in [0.05, 0.1) is 22.2 Å². The average Bonchev–Trinajstić information content (AvgIpc) is 3.16. The molecule has 11 heteroatoms. The van der Waals surface area contributed by atoms with Crippen molar-refractivity contribution in [2.24, 2.45) is 17.8 Å². The highest BCUT2D eigenvalue weighted by atomic mass is 35.5. The van der Waals surface area contributed by atoms with Gasteiger partial charge in [-0.15, -0.1) is 23.2 Å². The number of halogens is 5. The van der Waals surface area contributed by atoms with Gasteiger partial charge in [0.25, 0.3) is 5.91 Å². The molecule has 0 aliphatic heterocycles. The minimum Gasteiger partial charge on any atom is -0.326 e. The highest BCUT2D eigenvalue weighted by Gasteiger charge is 2.67. The van der Waals surface area contributed by atoms with Crippen LogP contribution in [-0.4, -0.2) is 22.1 Å². The number of benzene rings is 2. The molecular weight excluding hydrogens is 547 g/mol. The molecule has 37 heavy (non-hydrogen) atoms. The van der Waals surface area contributed by atoms with Crippen molar-refractivity contribution >= 4 is 69.6 Å². The van der Waals surface area contributed by atoms with Crippen molar-refractivity contribution in [3.8, 4) is 0 Å². The van der Waals surface area contributed by atoms with Crippen molar-refractivity contribution in [1.82, 2.24) is 0 Å². The predicted octanol–water partition coefficient (Wildman–Crippen LogP) is 6.93. The molecule has 0 aromatic heterocycles. The van der Waals surface area contributed by atoms with Gasteiger partial charge in [-0.3, -0.25) is 14.4 Å². The number of carbonyl (C=O) groups is 3. The van der Waals surface area contributed by atoms with Crippen LogP contribution in [0.1, 0.15) is 43.0 Å². The lowest BCUT2D eigenvalue weighted by atomic mass is 10.1. The fourth-order valence-electron chi connectivity index (χ4n) is 4.63. The van der Waals surface area contributed by atoms with Crippen LogP contribution in [0.15, 0.2) is 42.5 Å². The Morgan fingerprint density at radius 2 is 1.65 bits per heavy atom. The molecule has 2 saturated carbocycles. The van der Waals surface area contributed by atoms with Gasteiger partial charge < -0.3 is 16.0 Å². The fourth-order valence-corrected chi connectivity index (χ4v) is 5.78. The number of nitrogens with one attached hydrogen (secondary N) is 3. The zero-order valence-corrected chi connectivity index (χ0v) is 22.0. The Morgan fingerprint density at radius 1 is 0.973 bits per heavy atom. The highest BCUT2D eigenvalue weighted by molar-refractivity contribution is 6.53. The number of alkyl halides is 2. The van der Waals surface area contributed by atoms with E-state index in [0.29, 0.717) is 18.4 Å². The van der Waals surface area contributed by atoms with Crippen LogP contribution < -0.4 is 16.0 Å². The van der Waals surface area contributed by atoms with Crippen LogP contribution >= 0.6 is 34.8 Å². The van der Waals surface area contributed by atoms with Crippen LogP contribution in [0.5, 0.6) is 0 Å². The molecule has 2 atom stereocenters. The molecule has 2 aliphatic rings. The third-order valence-electron chi connectivity index (χ3n) is 6.66. The topological polar surface area (TPSA) is 87.3 Å². The molecule has 6 nitrogen and oxygen atoms in total. The van der Waals surface area contributed by atoms with Crippen LogP contribution in [-0.2, 0) is 9.59 Å². The number of amides is 3. The first-order chi connectivity index (χ1) is 17.4. The van der Waals surface area contributed by atoms with Crippen molar-refractivity contribution in [2.75, 3.05) is 16.0 Å². The first-order valence-corrected chi connectivity index (χ1v) is 12.8. The van der Waals surface area contributed by atoms with Crippen molar-refractivity contribution in [3.63, 3.8) is 0 Å². The van der Waals surface area contributed by atoms with E-state index in [0.717, 1.165) is 25.0 Å². The van der Waals surface area contributed by atoms with Crippen molar-refractivity contribution < 1.29 is 23.2 Å². The molecule has 2 fully saturated rings. The number of hydrogen-bond donors (Lipinski definition) is 3. The summed E-state index contributed by atoms with van der Waals surface area (Å²) in [6.07, 6.45) is 3.07. The Hall–Kier alpha value is -2.68. The average molecular weight is 571 g/mol. The van der Waals surface area contributed by atoms with Crippen LogP contribution in [0.25, 0.3) is 0 Å². The van der Waals surface area contributed by atoms with Crippen molar-refractivity contribution in [1.29, 1.82) is 0 Å². The van der Waals surface area contributed by atoms with Crippen LogP contribution in [0.3, 0.4) is 0 Å². The second-order valence-corrected chi connectivity index (χ2v) is 11.2. The molecular formula is C26H24Cl3F2N3O3. The minimum absolute atomic E-state index is 0.0306. The summed E-state index contributed by atoms with van der Waals surface area (Å²) in [5.74, 6) is -5.25. The molecule has 0 bridgehead atoms. The van der Waals surface area contributed by atoms with E-state index in [4.69, 9.17) is 34.8 Å². The Labute approximate surface area is 227 Å². The first-order valence-electron chi connectivity index (χ1n) is 11.7. The highest BCUT2D eigenvalue weighted by Crippen LogP contribution is 2.62. The molecule has 2 aliphatic carbocycles. The van der Waals surface area contributed by atoms with Crippen molar-refractivity contribution in [3.05, 3.63) is 64.7 Å². The van der Waals surface area contributed by atoms with Gasteiger partial charge >= 0.3 is 0 Å². The monoisotopic (exact) mass is 569 g/mol. The number of hydrogen-bond acceptors (Lipinski definition) is 3.